The zero-order valence-electron chi connectivity index (χ0n) is 22.8. The molecule has 0 atom stereocenters. The van der Waals surface area contributed by atoms with Crippen molar-refractivity contribution in [1.29, 1.82) is 0 Å². The minimum absolute atomic E-state index is 0.231. The van der Waals surface area contributed by atoms with Gasteiger partial charge in [-0.05, 0) is 12.5 Å². The molecule has 4 rings (SSSR count). The Hall–Kier alpha value is -3.75. The Labute approximate surface area is 235 Å². The first kappa shape index (κ1) is 31.8. The molecule has 0 radical (unpaired) electrons. The maximum absolute atomic E-state index is 14.1. The number of halogens is 2. The number of aliphatic carboxylic acids is 3. The molecular formula is C27H34F2N4O8. The Bertz CT molecular complexity index is 1250. The van der Waals surface area contributed by atoms with Gasteiger partial charge in [-0.3, -0.25) is 14.5 Å². The van der Waals surface area contributed by atoms with Crippen LogP contribution in [0.1, 0.15) is 55.3 Å². The lowest BCUT2D eigenvalue weighted by molar-refractivity contribution is -0.170. The van der Waals surface area contributed by atoms with Gasteiger partial charge in [-0.2, -0.15) is 0 Å². The van der Waals surface area contributed by atoms with Crippen molar-refractivity contribution >= 4 is 23.7 Å². The summed E-state index contributed by atoms with van der Waals surface area (Å²) in [5.74, 6) is -3.95. The summed E-state index contributed by atoms with van der Waals surface area (Å²) in [5.41, 5.74) is -0.00928. The Morgan fingerprint density at radius 3 is 2.20 bits per heavy atom. The molecule has 1 aromatic heterocycles. The fraction of sp³-hybridized carbons (Fsp3) is 0.519. The van der Waals surface area contributed by atoms with E-state index in [4.69, 9.17) is 35.1 Å². The summed E-state index contributed by atoms with van der Waals surface area (Å²) in [5, 5.41) is 33.8. The first-order valence-corrected chi connectivity index (χ1v) is 13.1. The van der Waals surface area contributed by atoms with Gasteiger partial charge in [-0.1, -0.05) is 19.9 Å². The highest BCUT2D eigenvalue weighted by molar-refractivity contribution is 5.88. The number of fused-ring (bicyclic) bond motifs is 1. The van der Waals surface area contributed by atoms with E-state index in [-0.39, 0.29) is 5.92 Å². The highest BCUT2D eigenvalue weighted by Crippen LogP contribution is 2.29. The number of rotatable bonds is 9. The van der Waals surface area contributed by atoms with E-state index < -0.39 is 48.0 Å². The van der Waals surface area contributed by atoms with E-state index in [0.717, 1.165) is 49.5 Å². The Balaban J connectivity index is 0.000000302. The molecule has 0 aliphatic carbocycles. The molecule has 2 aromatic rings. The van der Waals surface area contributed by atoms with Crippen molar-refractivity contribution in [2.24, 2.45) is 0 Å². The van der Waals surface area contributed by atoms with Crippen LogP contribution in [0.25, 0.3) is 0 Å². The van der Waals surface area contributed by atoms with Crippen LogP contribution < -0.4 is 4.90 Å². The van der Waals surface area contributed by atoms with Gasteiger partial charge in [-0.25, -0.2) is 23.5 Å². The lowest BCUT2D eigenvalue weighted by Gasteiger charge is -2.34. The molecule has 1 fully saturated rings. The SMILES string of the molecule is CC(C)c1nc2c(c(N3CCOCC3)n1)CCN(Cc1ccc(F)cc1F)C2.O=C(O)CC(O)(CC(=O)O)C(=O)O. The summed E-state index contributed by atoms with van der Waals surface area (Å²) >= 11 is 0. The second kappa shape index (κ2) is 13.7. The van der Waals surface area contributed by atoms with E-state index in [2.05, 4.69) is 23.6 Å². The van der Waals surface area contributed by atoms with Crippen molar-refractivity contribution in [3.05, 3.63) is 52.5 Å². The third-order valence-electron chi connectivity index (χ3n) is 6.66. The van der Waals surface area contributed by atoms with Crippen molar-refractivity contribution in [2.45, 2.75) is 57.7 Å². The third-order valence-corrected chi connectivity index (χ3v) is 6.66. The predicted octanol–water partition coefficient (Wildman–Crippen LogP) is 2.02. The van der Waals surface area contributed by atoms with Crippen LogP contribution in [0.15, 0.2) is 18.2 Å². The van der Waals surface area contributed by atoms with Crippen molar-refractivity contribution in [3.8, 4) is 0 Å². The number of aliphatic hydroxyl groups is 1. The molecule has 2 aliphatic heterocycles. The maximum atomic E-state index is 14.1. The van der Waals surface area contributed by atoms with Crippen LogP contribution in [0.5, 0.6) is 0 Å². The smallest absolute Gasteiger partial charge is 0.336 e. The fourth-order valence-electron chi connectivity index (χ4n) is 4.52. The second-order valence-electron chi connectivity index (χ2n) is 10.3. The first-order chi connectivity index (χ1) is 19.3. The van der Waals surface area contributed by atoms with Gasteiger partial charge in [0.05, 0.1) is 31.7 Å². The predicted molar refractivity (Wildman–Crippen MR) is 140 cm³/mol. The lowest BCUT2D eigenvalue weighted by atomic mass is 9.96. The maximum Gasteiger partial charge on any atom is 0.336 e. The van der Waals surface area contributed by atoms with Crippen LogP contribution in [0.4, 0.5) is 14.6 Å². The molecule has 4 N–H and O–H groups in total. The van der Waals surface area contributed by atoms with E-state index in [9.17, 15) is 23.2 Å². The van der Waals surface area contributed by atoms with Crippen molar-refractivity contribution in [3.63, 3.8) is 0 Å². The number of morpholine rings is 1. The number of hydrogen-bond acceptors (Lipinski definition) is 9. The van der Waals surface area contributed by atoms with Crippen LogP contribution in [-0.4, -0.2) is 91.7 Å². The Kier molecular flexibility index (Phi) is 10.7. The Morgan fingerprint density at radius 1 is 1.02 bits per heavy atom. The number of carboxylic acid groups (broad SMARTS) is 3. The second-order valence-corrected chi connectivity index (χ2v) is 10.3. The summed E-state index contributed by atoms with van der Waals surface area (Å²) in [6.07, 6.45) is -1.47. The molecule has 1 saturated heterocycles. The van der Waals surface area contributed by atoms with Crippen LogP contribution in [-0.2, 0) is 38.6 Å². The van der Waals surface area contributed by atoms with Crippen molar-refractivity contribution in [2.75, 3.05) is 37.7 Å². The summed E-state index contributed by atoms with van der Waals surface area (Å²) in [6, 6.07) is 3.79. The van der Waals surface area contributed by atoms with E-state index in [1.54, 1.807) is 0 Å². The minimum atomic E-state index is -2.74. The molecule has 0 amide bonds. The number of carbonyl (C=O) groups is 3. The highest BCUT2D eigenvalue weighted by Gasteiger charge is 2.40. The van der Waals surface area contributed by atoms with Gasteiger partial charge in [0.15, 0.2) is 5.60 Å². The average molecular weight is 581 g/mol. The van der Waals surface area contributed by atoms with E-state index in [0.29, 0.717) is 31.9 Å². The third kappa shape index (κ3) is 8.62. The van der Waals surface area contributed by atoms with Crippen LogP contribution in [0.2, 0.25) is 0 Å². The van der Waals surface area contributed by atoms with Gasteiger partial charge in [-0.15, -0.1) is 0 Å². The fourth-order valence-corrected chi connectivity index (χ4v) is 4.52. The molecule has 0 unspecified atom stereocenters. The number of anilines is 1. The van der Waals surface area contributed by atoms with E-state index in [1.165, 1.54) is 17.7 Å². The van der Waals surface area contributed by atoms with Crippen LogP contribution in [0.3, 0.4) is 0 Å². The number of aromatic nitrogens is 2. The molecule has 0 bridgehead atoms. The lowest BCUT2D eigenvalue weighted by Crippen LogP contribution is -2.42. The quantitative estimate of drug-likeness (QED) is 0.340. The van der Waals surface area contributed by atoms with Crippen molar-refractivity contribution < 1.29 is 48.3 Å². The molecule has 224 valence electrons. The molecule has 2 aliphatic rings. The molecule has 14 heteroatoms. The van der Waals surface area contributed by atoms with Crippen molar-refractivity contribution in [1.82, 2.24) is 14.9 Å². The van der Waals surface area contributed by atoms with E-state index >= 15 is 0 Å². The number of carboxylic acids is 3. The molecule has 41 heavy (non-hydrogen) atoms. The standard InChI is InChI=1S/C21H26F2N4O.C6H8O7/c1-14(2)20-24-19-13-26(12-15-3-4-16(22)11-18(15)23)6-5-17(19)21(25-20)27-7-9-28-10-8-27;7-3(8)1-6(13,5(11)12)2-4(9)10/h3-4,11,14H,5-10,12-13H2,1-2H3;13H,1-2H2,(H,7,8)(H,9,10)(H,11,12). The van der Waals surface area contributed by atoms with Gasteiger partial charge in [0, 0.05) is 55.8 Å². The summed E-state index contributed by atoms with van der Waals surface area (Å²) < 4.78 is 32.7. The van der Waals surface area contributed by atoms with Gasteiger partial charge in [0.2, 0.25) is 0 Å². The van der Waals surface area contributed by atoms with Crippen LogP contribution in [0, 0.1) is 11.6 Å². The molecule has 3 heterocycles. The summed E-state index contributed by atoms with van der Waals surface area (Å²) in [4.78, 5) is 44.7. The summed E-state index contributed by atoms with van der Waals surface area (Å²) in [6.45, 7) is 9.18. The monoisotopic (exact) mass is 580 g/mol. The van der Waals surface area contributed by atoms with Gasteiger partial charge in [0.1, 0.15) is 23.3 Å². The van der Waals surface area contributed by atoms with Gasteiger partial charge in [0.25, 0.3) is 0 Å². The topological polar surface area (TPSA) is 174 Å². The number of benzene rings is 1. The van der Waals surface area contributed by atoms with Crippen LogP contribution >= 0.6 is 0 Å². The zero-order chi connectivity index (χ0) is 30.3. The average Bonchev–Trinajstić information content (AvgIpc) is 2.89. The summed E-state index contributed by atoms with van der Waals surface area (Å²) in [7, 11) is 0. The molecular weight excluding hydrogens is 546 g/mol. The molecule has 0 saturated carbocycles. The van der Waals surface area contributed by atoms with Gasteiger partial charge < -0.3 is 30.1 Å². The number of ether oxygens (including phenoxy) is 1. The molecule has 1 aromatic carbocycles. The highest BCUT2D eigenvalue weighted by atomic mass is 19.1. The molecule has 0 spiro atoms. The number of hydrogen-bond donors (Lipinski definition) is 4. The van der Waals surface area contributed by atoms with E-state index in [1.807, 2.05) is 0 Å². The Morgan fingerprint density at radius 2 is 1.66 bits per heavy atom. The first-order valence-electron chi connectivity index (χ1n) is 13.1. The zero-order valence-corrected chi connectivity index (χ0v) is 22.8. The molecule has 12 nitrogen and oxygen atoms in total. The minimum Gasteiger partial charge on any atom is -0.481 e. The normalized spacial score (nSPS) is 15.6. The number of nitrogens with zero attached hydrogens (tertiary/aromatic N) is 4. The largest absolute Gasteiger partial charge is 0.481 e. The van der Waals surface area contributed by atoms with Gasteiger partial charge >= 0.3 is 17.9 Å².